The Hall–Kier alpha value is -0.000260. The molecule has 0 saturated heterocycles. The van der Waals surface area contributed by atoms with Crippen molar-refractivity contribution in [3.8, 4) is 0 Å². The topological polar surface area (TPSA) is 113 Å². The number of carboxylic acid groups (broad SMARTS) is 1. The van der Waals surface area contributed by atoms with Crippen molar-refractivity contribution >= 4 is 49.7 Å². The van der Waals surface area contributed by atoms with Gasteiger partial charge >= 0.3 is 37.7 Å². The van der Waals surface area contributed by atoms with Crippen LogP contribution >= 0.6 is 0 Å². The Balaban J connectivity index is -0.0000000720. The molecule has 0 aromatic heterocycles. The van der Waals surface area contributed by atoms with Crippen LogP contribution < -0.4 is 11.5 Å². The third-order valence-corrected chi connectivity index (χ3v) is 0. The fourth-order valence-corrected chi connectivity index (χ4v) is 0. The van der Waals surface area contributed by atoms with Crippen molar-refractivity contribution in [2.24, 2.45) is 11.5 Å². The van der Waals surface area contributed by atoms with Crippen molar-refractivity contribution in [1.82, 2.24) is 0 Å². The number of nitrogens with two attached hydrogens (primary N) is 2. The molecule has 0 heterocycles. The normalized spacial score (nSPS) is 5.44. The summed E-state index contributed by atoms with van der Waals surface area (Å²) in [5.41, 5.74) is 8.94. The summed E-state index contributed by atoms with van der Waals surface area (Å²) in [5, 5.41) is 13.5. The van der Waals surface area contributed by atoms with Crippen molar-refractivity contribution in [3.05, 3.63) is 0 Å². The van der Waals surface area contributed by atoms with Gasteiger partial charge in [-0.1, -0.05) is 0 Å². The van der Waals surface area contributed by atoms with E-state index in [2.05, 4.69) is 11.5 Å². The molecule has 6 N–H and O–H groups in total. The molecule has 0 fully saturated rings. The zero-order valence-corrected chi connectivity index (χ0v) is 4.51. The number of nitrogens with one attached hydrogen (secondary N) is 1. The van der Waals surface area contributed by atoms with Gasteiger partial charge in [-0.25, -0.2) is 0 Å². The molecule has 0 rings (SSSR count). The molecule has 0 aliphatic heterocycles. The van der Waals surface area contributed by atoms with Crippen LogP contribution in [0.5, 0.6) is 0 Å². The Morgan fingerprint density at radius 3 is 1.56 bits per heavy atom. The van der Waals surface area contributed by atoms with E-state index in [1.165, 1.54) is 0 Å². The molecule has 0 spiro atoms. The van der Waals surface area contributed by atoms with Crippen molar-refractivity contribution in [3.63, 3.8) is 0 Å². The first-order valence-electron chi connectivity index (χ1n) is 1.76. The summed E-state index contributed by atoms with van der Waals surface area (Å²) >= 11 is 0. The number of carbonyl (C=O) groups is 1. The Kier molecular flexibility index (Phi) is 19.4. The van der Waals surface area contributed by atoms with Crippen LogP contribution in [0.25, 0.3) is 0 Å². The first-order valence-corrected chi connectivity index (χ1v) is 1.76. The van der Waals surface area contributed by atoms with E-state index in [0.717, 1.165) is 6.92 Å². The van der Waals surface area contributed by atoms with Gasteiger partial charge < -0.3 is 16.6 Å². The van der Waals surface area contributed by atoms with Crippen LogP contribution in [0.2, 0.25) is 0 Å². The van der Waals surface area contributed by atoms with Gasteiger partial charge in [-0.15, -0.1) is 0 Å². The number of aliphatic carboxylic acids is 1. The van der Waals surface area contributed by atoms with Crippen LogP contribution in [0.1, 0.15) is 6.92 Å². The van der Waals surface area contributed by atoms with Gasteiger partial charge in [0.05, 0.1) is 0 Å². The fourth-order valence-electron chi connectivity index (χ4n) is 0. The maximum atomic E-state index is 9.00. The van der Waals surface area contributed by atoms with Crippen LogP contribution in [0, 0.1) is 5.41 Å². The number of rotatable bonds is 0. The summed E-state index contributed by atoms with van der Waals surface area (Å²) < 4.78 is 0. The van der Waals surface area contributed by atoms with Gasteiger partial charge in [0.15, 0.2) is 5.96 Å². The Bertz CT molecular complexity index is 75.1. The van der Waals surface area contributed by atoms with Crippen molar-refractivity contribution in [2.75, 3.05) is 0 Å². The zero-order valence-electron chi connectivity index (χ0n) is 4.51. The van der Waals surface area contributed by atoms with E-state index in [1.54, 1.807) is 0 Å². The van der Waals surface area contributed by atoms with E-state index in [-0.39, 0.29) is 43.7 Å². The molecule has 0 unspecified atom stereocenters. The van der Waals surface area contributed by atoms with Crippen LogP contribution in [-0.4, -0.2) is 54.8 Å². The van der Waals surface area contributed by atoms with Gasteiger partial charge in [0.2, 0.25) is 0 Å². The average molecular weight is 161 g/mol. The van der Waals surface area contributed by atoms with Crippen LogP contribution in [0.4, 0.5) is 0 Å². The Labute approximate surface area is 82.9 Å². The van der Waals surface area contributed by atoms with Gasteiger partial charge in [-0.3, -0.25) is 10.2 Å². The van der Waals surface area contributed by atoms with Crippen LogP contribution in [0.3, 0.4) is 0 Å². The van der Waals surface area contributed by atoms with Crippen molar-refractivity contribution < 1.29 is 9.90 Å². The molecule has 0 aliphatic carbocycles. The van der Waals surface area contributed by atoms with E-state index in [9.17, 15) is 0 Å². The molecule has 6 heteroatoms. The number of hydrogen-bond donors (Lipinski definition) is 4. The monoisotopic (exact) mass is 161 g/mol. The number of carboxylic acids is 1. The molecule has 5 nitrogen and oxygen atoms in total. The molecule has 0 aromatic rings. The second kappa shape index (κ2) is 10.9. The summed E-state index contributed by atoms with van der Waals surface area (Å²) in [6.07, 6.45) is 0. The molecule has 52 valence electrons. The quantitative estimate of drug-likeness (QED) is 0.187. The molecule has 0 aromatic carbocycles. The van der Waals surface area contributed by atoms with E-state index in [0.29, 0.717) is 0 Å². The average Bonchev–Trinajstić information content (AvgIpc) is 1.25. The maximum absolute atomic E-state index is 9.00. The third kappa shape index (κ3) is 4270000000. The second-order valence-corrected chi connectivity index (χ2v) is 0.974. The SMILES string of the molecule is CC(=O)O.N=C(N)N.[CaH2]. The molecule has 0 amide bonds. The fraction of sp³-hybridized carbons (Fsp3) is 0.333. The van der Waals surface area contributed by atoms with E-state index >= 15 is 0 Å². The number of guanidine groups is 1. The van der Waals surface area contributed by atoms with Gasteiger partial charge in [0.25, 0.3) is 5.97 Å². The van der Waals surface area contributed by atoms with E-state index in [4.69, 9.17) is 15.3 Å². The van der Waals surface area contributed by atoms with Crippen LogP contribution in [0.15, 0.2) is 0 Å². The predicted octanol–water partition coefficient (Wildman–Crippen LogP) is -1.99. The van der Waals surface area contributed by atoms with Crippen molar-refractivity contribution in [2.45, 2.75) is 6.92 Å². The van der Waals surface area contributed by atoms with Gasteiger partial charge in [0, 0.05) is 6.92 Å². The number of hydrogen-bond acceptors (Lipinski definition) is 2. The molecular formula is C3H11CaN3O2. The Morgan fingerprint density at radius 1 is 1.56 bits per heavy atom. The molecule has 0 aliphatic rings. The molecule has 0 atom stereocenters. The van der Waals surface area contributed by atoms with Gasteiger partial charge in [-0.05, 0) is 0 Å². The minimum absolute atomic E-state index is 0. The first kappa shape index (κ1) is 16.0. The minimum atomic E-state index is -0.833. The third-order valence-electron chi connectivity index (χ3n) is 0. The summed E-state index contributed by atoms with van der Waals surface area (Å²) in [7, 11) is 0. The Morgan fingerprint density at radius 2 is 1.56 bits per heavy atom. The van der Waals surface area contributed by atoms with E-state index < -0.39 is 5.97 Å². The van der Waals surface area contributed by atoms with Gasteiger partial charge in [-0.2, -0.15) is 0 Å². The summed E-state index contributed by atoms with van der Waals surface area (Å²) in [6, 6.07) is 0. The van der Waals surface area contributed by atoms with Crippen molar-refractivity contribution in [1.29, 1.82) is 5.41 Å². The summed E-state index contributed by atoms with van der Waals surface area (Å²) in [6.45, 7) is 1.08. The molecular weight excluding hydrogens is 150 g/mol. The van der Waals surface area contributed by atoms with E-state index in [1.807, 2.05) is 0 Å². The second-order valence-electron chi connectivity index (χ2n) is 0.974. The molecule has 0 bridgehead atoms. The molecule has 9 heavy (non-hydrogen) atoms. The van der Waals surface area contributed by atoms with Crippen LogP contribution in [-0.2, 0) is 4.79 Å². The predicted molar refractivity (Wildman–Crippen MR) is 38.0 cm³/mol. The first-order chi connectivity index (χ1) is 3.46. The summed E-state index contributed by atoms with van der Waals surface area (Å²) in [4.78, 5) is 9.00. The van der Waals surface area contributed by atoms with Gasteiger partial charge in [0.1, 0.15) is 0 Å². The standard InChI is InChI=1S/C2H4O2.CH5N3.Ca.2H/c1-2(3)4;2-1(3)4;;;/h1H3,(H,3,4);(H5,2,3,4);;;. The zero-order chi connectivity index (χ0) is 7.15. The summed E-state index contributed by atoms with van der Waals surface area (Å²) in [5.74, 6) is -1.17. The molecule has 0 saturated carbocycles. The molecule has 0 radical (unpaired) electrons.